The van der Waals surface area contributed by atoms with Crippen molar-refractivity contribution >= 4 is 33.0 Å². The Morgan fingerprint density at radius 1 is 1.40 bits per heavy atom. The van der Waals surface area contributed by atoms with Gasteiger partial charge in [-0.2, -0.15) is 0 Å². The lowest BCUT2D eigenvalue weighted by Crippen LogP contribution is -2.33. The average molecular weight is 339 g/mol. The molecule has 0 radical (unpaired) electrons. The highest BCUT2D eigenvalue weighted by atomic mass is 35.5. The van der Waals surface area contributed by atoms with Crippen molar-refractivity contribution in [1.82, 2.24) is 10.0 Å². The van der Waals surface area contributed by atoms with Gasteiger partial charge in [-0.3, -0.25) is 0 Å². The Bertz CT molecular complexity index is 513. The van der Waals surface area contributed by atoms with Crippen LogP contribution < -0.4 is 10.0 Å². The second kappa shape index (κ2) is 7.72. The van der Waals surface area contributed by atoms with Crippen LogP contribution in [0, 0.1) is 0 Å². The van der Waals surface area contributed by atoms with E-state index < -0.39 is 10.0 Å². The van der Waals surface area contributed by atoms with Crippen LogP contribution >= 0.6 is 22.9 Å². The Morgan fingerprint density at radius 2 is 2.15 bits per heavy atom. The predicted octanol–water partition coefficient (Wildman–Crippen LogP) is 1.84. The van der Waals surface area contributed by atoms with Crippen LogP contribution in [0.5, 0.6) is 0 Å². The van der Waals surface area contributed by atoms with E-state index in [0.29, 0.717) is 30.0 Å². The summed E-state index contributed by atoms with van der Waals surface area (Å²) in [5, 5.41) is 3.28. The molecule has 114 valence electrons. The molecular weight excluding hydrogens is 320 g/mol. The topological polar surface area (TPSA) is 67.4 Å². The van der Waals surface area contributed by atoms with E-state index in [4.69, 9.17) is 16.3 Å². The van der Waals surface area contributed by atoms with Crippen LogP contribution in [0.4, 0.5) is 0 Å². The molecule has 1 aliphatic heterocycles. The van der Waals surface area contributed by atoms with Crippen molar-refractivity contribution in [3.05, 3.63) is 16.5 Å². The first-order valence-electron chi connectivity index (χ1n) is 6.65. The van der Waals surface area contributed by atoms with Crippen LogP contribution in [-0.4, -0.2) is 40.8 Å². The van der Waals surface area contributed by atoms with E-state index in [9.17, 15) is 8.42 Å². The van der Waals surface area contributed by atoms with Crippen molar-refractivity contribution < 1.29 is 13.2 Å². The minimum Gasteiger partial charge on any atom is -0.378 e. The van der Waals surface area contributed by atoms with Gasteiger partial charge in [-0.1, -0.05) is 11.6 Å². The summed E-state index contributed by atoms with van der Waals surface area (Å²) in [6.45, 7) is 2.95. The third-order valence-corrected chi connectivity index (χ3v) is 6.25. The summed E-state index contributed by atoms with van der Waals surface area (Å²) in [5.74, 6) is 0. The molecule has 8 heteroatoms. The molecule has 1 aromatic heterocycles. The van der Waals surface area contributed by atoms with Crippen LogP contribution in [0.2, 0.25) is 4.34 Å². The second-order valence-corrected chi connectivity index (χ2v) is 8.34. The molecule has 0 saturated carbocycles. The number of rotatable bonds is 7. The van der Waals surface area contributed by atoms with Gasteiger partial charge in [0.1, 0.15) is 4.21 Å². The summed E-state index contributed by atoms with van der Waals surface area (Å²) in [6.07, 6.45) is 3.03. The van der Waals surface area contributed by atoms with Crippen molar-refractivity contribution in [3.8, 4) is 0 Å². The third kappa shape index (κ3) is 4.98. The van der Waals surface area contributed by atoms with Gasteiger partial charge in [0.15, 0.2) is 0 Å². The van der Waals surface area contributed by atoms with Crippen LogP contribution in [-0.2, 0) is 14.8 Å². The number of halogens is 1. The lowest BCUT2D eigenvalue weighted by molar-refractivity contribution is 0.0322. The normalized spacial score (nSPS) is 17.4. The zero-order valence-corrected chi connectivity index (χ0v) is 13.5. The quantitative estimate of drug-likeness (QED) is 0.744. The molecule has 1 aliphatic rings. The summed E-state index contributed by atoms with van der Waals surface area (Å²) < 4.78 is 32.8. The standard InChI is InChI=1S/C12H19ClN2O3S2/c13-11-2-3-12(19-11)20(16,17)15-6-1-9-18-10-4-7-14-8-5-10/h2-3,10,14-15H,1,4-9H2. The fraction of sp³-hybridized carbons (Fsp3) is 0.667. The Labute approximate surface area is 128 Å². The molecule has 5 nitrogen and oxygen atoms in total. The Morgan fingerprint density at radius 3 is 2.80 bits per heavy atom. The second-order valence-electron chi connectivity index (χ2n) is 4.63. The molecule has 1 aromatic rings. The van der Waals surface area contributed by atoms with Crippen molar-refractivity contribution in [2.45, 2.75) is 29.6 Å². The lowest BCUT2D eigenvalue weighted by Gasteiger charge is -2.22. The maximum absolute atomic E-state index is 11.9. The van der Waals surface area contributed by atoms with Crippen molar-refractivity contribution in [1.29, 1.82) is 0 Å². The number of nitrogens with one attached hydrogen (secondary N) is 2. The first-order valence-corrected chi connectivity index (χ1v) is 9.33. The van der Waals surface area contributed by atoms with Crippen LogP contribution in [0.3, 0.4) is 0 Å². The predicted molar refractivity (Wildman–Crippen MR) is 81.0 cm³/mol. The van der Waals surface area contributed by atoms with Gasteiger partial charge in [-0.05, 0) is 44.5 Å². The molecule has 0 unspecified atom stereocenters. The lowest BCUT2D eigenvalue weighted by atomic mass is 10.1. The maximum Gasteiger partial charge on any atom is 0.250 e. The van der Waals surface area contributed by atoms with Crippen LogP contribution in [0.1, 0.15) is 19.3 Å². The molecule has 2 N–H and O–H groups in total. The fourth-order valence-electron chi connectivity index (χ4n) is 2.00. The average Bonchev–Trinajstić information content (AvgIpc) is 2.87. The van der Waals surface area contributed by atoms with E-state index in [1.165, 1.54) is 6.07 Å². The summed E-state index contributed by atoms with van der Waals surface area (Å²) in [4.78, 5) is 0. The molecule has 1 saturated heterocycles. The maximum atomic E-state index is 11.9. The molecular formula is C12H19ClN2O3S2. The van der Waals surface area contributed by atoms with Crippen molar-refractivity contribution in [2.75, 3.05) is 26.2 Å². The first kappa shape index (κ1) is 16.2. The van der Waals surface area contributed by atoms with Gasteiger partial charge >= 0.3 is 0 Å². The molecule has 1 fully saturated rings. The van der Waals surface area contributed by atoms with Gasteiger partial charge in [0, 0.05) is 13.2 Å². The highest BCUT2D eigenvalue weighted by molar-refractivity contribution is 7.91. The zero-order chi connectivity index (χ0) is 14.4. The molecule has 2 heterocycles. The van der Waals surface area contributed by atoms with Crippen molar-refractivity contribution in [3.63, 3.8) is 0 Å². The Balaban J connectivity index is 1.65. The number of sulfonamides is 1. The van der Waals surface area contributed by atoms with E-state index in [1.54, 1.807) is 6.07 Å². The summed E-state index contributed by atoms with van der Waals surface area (Å²) >= 11 is 6.80. The third-order valence-electron chi connectivity index (χ3n) is 3.07. The van der Waals surface area contributed by atoms with E-state index in [1.807, 2.05) is 0 Å². The number of ether oxygens (including phenoxy) is 1. The highest BCUT2D eigenvalue weighted by Gasteiger charge is 2.16. The molecule has 0 atom stereocenters. The summed E-state index contributed by atoms with van der Waals surface area (Å²) in [6, 6.07) is 3.10. The Kier molecular flexibility index (Phi) is 6.25. The molecule has 0 bridgehead atoms. The molecule has 0 aromatic carbocycles. The van der Waals surface area contributed by atoms with Gasteiger partial charge < -0.3 is 10.1 Å². The molecule has 2 rings (SSSR count). The van der Waals surface area contributed by atoms with Crippen molar-refractivity contribution in [2.24, 2.45) is 0 Å². The Hall–Kier alpha value is -0.180. The monoisotopic (exact) mass is 338 g/mol. The first-order chi connectivity index (χ1) is 9.58. The summed E-state index contributed by atoms with van der Waals surface area (Å²) in [7, 11) is -3.43. The molecule has 20 heavy (non-hydrogen) atoms. The number of hydrogen-bond donors (Lipinski definition) is 2. The van der Waals surface area contributed by atoms with E-state index in [-0.39, 0.29) is 4.21 Å². The molecule has 0 amide bonds. The summed E-state index contributed by atoms with van der Waals surface area (Å²) in [5.41, 5.74) is 0. The fourth-order valence-corrected chi connectivity index (χ4v) is 4.61. The van der Waals surface area contributed by atoms with Crippen LogP contribution in [0.15, 0.2) is 16.3 Å². The van der Waals surface area contributed by atoms with Gasteiger partial charge in [-0.25, -0.2) is 13.1 Å². The number of piperidine rings is 1. The van der Waals surface area contributed by atoms with Gasteiger partial charge in [0.05, 0.1) is 10.4 Å². The zero-order valence-electron chi connectivity index (χ0n) is 11.1. The van der Waals surface area contributed by atoms with Gasteiger partial charge in [0.25, 0.3) is 0 Å². The largest absolute Gasteiger partial charge is 0.378 e. The highest BCUT2D eigenvalue weighted by Crippen LogP contribution is 2.25. The SMILES string of the molecule is O=S(=O)(NCCCOC1CCNCC1)c1ccc(Cl)s1. The van der Waals surface area contributed by atoms with E-state index in [0.717, 1.165) is 37.3 Å². The minimum absolute atomic E-state index is 0.252. The molecule has 0 spiro atoms. The van der Waals surface area contributed by atoms with Gasteiger partial charge in [-0.15, -0.1) is 11.3 Å². The number of hydrogen-bond acceptors (Lipinski definition) is 5. The van der Waals surface area contributed by atoms with E-state index >= 15 is 0 Å². The van der Waals surface area contributed by atoms with Gasteiger partial charge in [0.2, 0.25) is 10.0 Å². The van der Waals surface area contributed by atoms with Crippen LogP contribution in [0.25, 0.3) is 0 Å². The number of thiophene rings is 1. The molecule has 0 aliphatic carbocycles. The van der Waals surface area contributed by atoms with E-state index in [2.05, 4.69) is 10.0 Å². The smallest absolute Gasteiger partial charge is 0.250 e. The minimum atomic E-state index is -3.43.